The molecule has 2 aromatic carbocycles. The maximum atomic E-state index is 12.8. The summed E-state index contributed by atoms with van der Waals surface area (Å²) < 4.78 is 21.0. The molecule has 2 aliphatic heterocycles. The van der Waals surface area contributed by atoms with Crippen LogP contribution in [0.2, 0.25) is 0 Å². The third-order valence-corrected chi connectivity index (χ3v) is 21.0. The summed E-state index contributed by atoms with van der Waals surface area (Å²) in [5.74, 6) is 3.46. The number of carboxylic acids is 2. The van der Waals surface area contributed by atoms with E-state index in [1.54, 1.807) is 6.07 Å². The lowest BCUT2D eigenvalue weighted by molar-refractivity contribution is -0.215. The lowest BCUT2D eigenvalue weighted by atomic mass is 9.37. The highest BCUT2D eigenvalue weighted by Crippen LogP contribution is 2.73. The maximum absolute atomic E-state index is 12.8. The van der Waals surface area contributed by atoms with E-state index in [1.165, 1.54) is 0 Å². The summed E-state index contributed by atoms with van der Waals surface area (Å²) >= 11 is 0. The lowest BCUT2D eigenvalue weighted by Crippen LogP contribution is -2.65. The first kappa shape index (κ1) is 40.6. The van der Waals surface area contributed by atoms with E-state index in [9.17, 15) is 24.9 Å². The fraction of sp³-hybridized carbons (Fsp3) is 0.731. The van der Waals surface area contributed by atoms with E-state index in [4.69, 9.17) is 14.2 Å². The molecule has 326 valence electrons. The molecular formula is C52H70O8. The van der Waals surface area contributed by atoms with Gasteiger partial charge in [0.05, 0.1) is 10.8 Å². The highest BCUT2D eigenvalue weighted by molar-refractivity contribution is 5.75. The van der Waals surface area contributed by atoms with E-state index < -0.39 is 28.4 Å². The van der Waals surface area contributed by atoms with E-state index >= 15 is 0 Å². The Morgan fingerprint density at radius 3 is 1.63 bits per heavy atom. The molecule has 6 aliphatic carbocycles. The number of carboxylic acid groups (broad SMARTS) is 2. The Balaban J connectivity index is 0.942. The molecule has 6 saturated carbocycles. The molecular weight excluding hydrogens is 753 g/mol. The number of fused-ring (bicyclic) bond motifs is 12. The highest BCUT2D eigenvalue weighted by Gasteiger charge is 2.69. The summed E-state index contributed by atoms with van der Waals surface area (Å²) in [6.45, 7) is 18.4. The number of rotatable bonds is 4. The standard InChI is InChI=1S/C52H70O8/c1-45-19-9-21-49(5,43(54)55)38(45)15-23-47(3)36(45)17-25-51(7)40(47)28-30-27-31(11-13-34(30)59-51)58-35-14-12-33(53)42-32(35)29-41-48(4)24-16-39-46(2,20-10-22-50(39,6)44(56)57)37(48)18-26-52(41,8)60-42/h11-14,27,36-41,53H,9-10,15-26,28-29H2,1-8H3,(H,54,55)(H,56,57)/t36-,37-,38-,39-,40+,41+,45-,46-,47-,48-,49+,50+,51+,52+/m1/s1. The first-order valence-electron chi connectivity index (χ1n) is 23.7. The van der Waals surface area contributed by atoms with Crippen LogP contribution >= 0.6 is 0 Å². The fourth-order valence-electron chi connectivity index (χ4n) is 18.0. The summed E-state index contributed by atoms with van der Waals surface area (Å²) in [5.41, 5.74) is -0.116. The van der Waals surface area contributed by atoms with Gasteiger partial charge in [0.1, 0.15) is 28.5 Å². The second-order valence-electron chi connectivity index (χ2n) is 23.6. The van der Waals surface area contributed by atoms with E-state index in [0.717, 1.165) is 125 Å². The van der Waals surface area contributed by atoms with Gasteiger partial charge in [-0.25, -0.2) is 0 Å². The van der Waals surface area contributed by atoms with Crippen molar-refractivity contribution in [3.05, 3.63) is 41.5 Å². The zero-order chi connectivity index (χ0) is 42.6. The van der Waals surface area contributed by atoms with Crippen molar-refractivity contribution in [1.29, 1.82) is 0 Å². The van der Waals surface area contributed by atoms with Crippen LogP contribution < -0.4 is 14.2 Å². The number of aromatic hydroxyl groups is 1. The second kappa shape index (κ2) is 12.8. The average Bonchev–Trinajstić information content (AvgIpc) is 3.17. The number of carbonyl (C=O) groups is 2. The van der Waals surface area contributed by atoms with Gasteiger partial charge >= 0.3 is 11.9 Å². The van der Waals surface area contributed by atoms with Gasteiger partial charge in [-0.3, -0.25) is 9.59 Å². The molecule has 2 aromatic rings. The van der Waals surface area contributed by atoms with Crippen molar-refractivity contribution < 1.29 is 39.1 Å². The van der Waals surface area contributed by atoms with Crippen molar-refractivity contribution in [3.63, 3.8) is 0 Å². The molecule has 0 amide bonds. The largest absolute Gasteiger partial charge is 0.504 e. The van der Waals surface area contributed by atoms with Crippen molar-refractivity contribution in [1.82, 2.24) is 0 Å². The van der Waals surface area contributed by atoms with Crippen molar-refractivity contribution in [2.75, 3.05) is 0 Å². The zero-order valence-electron chi connectivity index (χ0n) is 37.5. The molecule has 2 heterocycles. The summed E-state index contributed by atoms with van der Waals surface area (Å²) in [6.07, 6.45) is 15.0. The van der Waals surface area contributed by atoms with E-state index in [1.807, 2.05) is 26.0 Å². The highest BCUT2D eigenvalue weighted by atomic mass is 16.5. The van der Waals surface area contributed by atoms with E-state index in [0.29, 0.717) is 29.3 Å². The molecule has 8 nitrogen and oxygen atoms in total. The number of aliphatic carboxylic acids is 2. The smallest absolute Gasteiger partial charge is 0.309 e. The molecule has 8 heteroatoms. The minimum atomic E-state index is -0.691. The van der Waals surface area contributed by atoms with Crippen molar-refractivity contribution in [2.45, 2.75) is 169 Å². The van der Waals surface area contributed by atoms with Crippen LogP contribution in [0.5, 0.6) is 28.7 Å². The van der Waals surface area contributed by atoms with Gasteiger partial charge in [-0.05, 0) is 199 Å². The first-order chi connectivity index (χ1) is 28.1. The molecule has 10 rings (SSSR count). The predicted octanol–water partition coefficient (Wildman–Crippen LogP) is 12.0. The van der Waals surface area contributed by atoms with Crippen molar-refractivity contribution in [3.8, 4) is 28.7 Å². The number of phenols is 1. The van der Waals surface area contributed by atoms with Gasteiger partial charge in [0, 0.05) is 17.4 Å². The number of hydrogen-bond donors (Lipinski definition) is 3. The van der Waals surface area contributed by atoms with Gasteiger partial charge in [0.15, 0.2) is 11.5 Å². The Kier molecular flexibility index (Phi) is 8.69. The van der Waals surface area contributed by atoms with Crippen molar-refractivity contribution in [2.24, 2.45) is 68.0 Å². The molecule has 3 N–H and O–H groups in total. The van der Waals surface area contributed by atoms with Crippen LogP contribution in [-0.2, 0) is 22.4 Å². The van der Waals surface area contributed by atoms with Crippen molar-refractivity contribution >= 4 is 11.9 Å². The molecule has 6 fully saturated rings. The van der Waals surface area contributed by atoms with Gasteiger partial charge < -0.3 is 29.5 Å². The van der Waals surface area contributed by atoms with Crippen LogP contribution in [0.3, 0.4) is 0 Å². The Hall–Kier alpha value is -3.42. The third-order valence-electron chi connectivity index (χ3n) is 21.0. The molecule has 14 atom stereocenters. The van der Waals surface area contributed by atoms with Crippen LogP contribution in [0.4, 0.5) is 0 Å². The fourth-order valence-corrected chi connectivity index (χ4v) is 18.0. The summed E-state index contributed by atoms with van der Waals surface area (Å²) in [4.78, 5) is 25.6. The van der Waals surface area contributed by atoms with Crippen LogP contribution in [-0.4, -0.2) is 38.5 Å². The number of phenolic OH excluding ortho intramolecular Hbond substituents is 1. The normalized spacial score (nSPS) is 47.4. The van der Waals surface area contributed by atoms with Gasteiger partial charge in [0.25, 0.3) is 0 Å². The summed E-state index contributed by atoms with van der Waals surface area (Å²) in [5, 5.41) is 32.3. The Labute approximate surface area is 357 Å². The minimum Gasteiger partial charge on any atom is -0.504 e. The molecule has 0 aromatic heterocycles. The zero-order valence-corrected chi connectivity index (χ0v) is 37.5. The SMILES string of the molecule is C[C@]12CCC[C@](C)(C(=O)O)[C@@H]1CC[C@]1(C)[C@@H]2CC[C@]2(C)Oc3ccc(Oc4ccc(O)c5c4C[C@H]4[C@]6(C)CC[C@@H]7[C@](C)(CCC[C@]7(C)C(=O)O)[C@H]6CC[C@]4(C)O5)cc3C[C@@H]12. The van der Waals surface area contributed by atoms with Gasteiger partial charge in [-0.1, -0.05) is 40.5 Å². The number of ether oxygens (including phenoxy) is 3. The first-order valence-corrected chi connectivity index (χ1v) is 23.7. The summed E-state index contributed by atoms with van der Waals surface area (Å²) in [7, 11) is 0. The van der Waals surface area contributed by atoms with Crippen LogP contribution in [0, 0.1) is 68.0 Å². The topological polar surface area (TPSA) is 123 Å². The lowest BCUT2D eigenvalue weighted by Gasteiger charge is -2.68. The predicted molar refractivity (Wildman–Crippen MR) is 230 cm³/mol. The van der Waals surface area contributed by atoms with Crippen LogP contribution in [0.25, 0.3) is 0 Å². The molecule has 0 unspecified atom stereocenters. The van der Waals surface area contributed by atoms with Crippen LogP contribution in [0.1, 0.15) is 156 Å². The Morgan fingerprint density at radius 1 is 0.583 bits per heavy atom. The van der Waals surface area contributed by atoms with E-state index in [-0.39, 0.29) is 50.8 Å². The molecule has 0 bridgehead atoms. The number of benzene rings is 2. The number of hydrogen-bond acceptors (Lipinski definition) is 6. The molecule has 0 spiro atoms. The van der Waals surface area contributed by atoms with Gasteiger partial charge in [-0.15, -0.1) is 0 Å². The Bertz CT molecular complexity index is 2150. The van der Waals surface area contributed by atoms with Crippen LogP contribution in [0.15, 0.2) is 30.3 Å². The maximum Gasteiger partial charge on any atom is 0.309 e. The average molecular weight is 823 g/mol. The van der Waals surface area contributed by atoms with Gasteiger partial charge in [-0.2, -0.15) is 0 Å². The Morgan fingerprint density at radius 2 is 1.08 bits per heavy atom. The minimum absolute atomic E-state index is 0.0109. The molecule has 0 saturated heterocycles. The molecule has 0 radical (unpaired) electrons. The summed E-state index contributed by atoms with van der Waals surface area (Å²) in [6, 6.07) is 9.88. The third kappa shape index (κ3) is 5.26. The van der Waals surface area contributed by atoms with E-state index in [2.05, 4.69) is 53.7 Å². The molecule has 8 aliphatic rings. The quantitative estimate of drug-likeness (QED) is 0.279. The second-order valence-corrected chi connectivity index (χ2v) is 23.6. The monoisotopic (exact) mass is 823 g/mol. The molecule has 60 heavy (non-hydrogen) atoms. The van der Waals surface area contributed by atoms with Gasteiger partial charge in [0.2, 0.25) is 0 Å².